The number of ether oxygens (including phenoxy) is 2. The van der Waals surface area contributed by atoms with E-state index in [9.17, 15) is 8.42 Å². The van der Waals surface area contributed by atoms with Crippen LogP contribution in [0.25, 0.3) is 0 Å². The lowest BCUT2D eigenvalue weighted by Crippen LogP contribution is -2.33. The summed E-state index contributed by atoms with van der Waals surface area (Å²) in [6.07, 6.45) is 1.78. The number of benzene rings is 1. The fourth-order valence-electron chi connectivity index (χ4n) is 1.89. The maximum atomic E-state index is 11.0. The van der Waals surface area contributed by atoms with Crippen LogP contribution in [0.3, 0.4) is 0 Å². The summed E-state index contributed by atoms with van der Waals surface area (Å²) in [7, 11) is 0.104. The van der Waals surface area contributed by atoms with Gasteiger partial charge in [0.2, 0.25) is 10.0 Å². The summed E-state index contributed by atoms with van der Waals surface area (Å²) in [4.78, 5) is 4.13. The summed E-state index contributed by atoms with van der Waals surface area (Å²) in [6, 6.07) is 5.52. The van der Waals surface area contributed by atoms with Gasteiger partial charge in [0, 0.05) is 31.9 Å². The predicted molar refractivity (Wildman–Crippen MR) is 112 cm³/mol. The second kappa shape index (κ2) is 12.1. The van der Waals surface area contributed by atoms with Crippen LogP contribution in [0.2, 0.25) is 0 Å². The normalized spacial score (nSPS) is 11.4. The first kappa shape index (κ1) is 23.7. The van der Waals surface area contributed by atoms with Crippen LogP contribution in [-0.2, 0) is 10.0 Å². The van der Waals surface area contributed by atoms with Gasteiger partial charge in [0.25, 0.3) is 0 Å². The molecule has 1 rings (SSSR count). The smallest absolute Gasteiger partial charge is 0.208 e. The Labute approximate surface area is 166 Å². The molecule has 8 nitrogen and oxygen atoms in total. The second-order valence-electron chi connectivity index (χ2n) is 4.94. The molecule has 1 aromatic carbocycles. The van der Waals surface area contributed by atoms with Crippen molar-refractivity contribution in [1.29, 1.82) is 0 Å². The topological polar surface area (TPSA) is 101 Å². The summed E-state index contributed by atoms with van der Waals surface area (Å²) >= 11 is 0. The van der Waals surface area contributed by atoms with Gasteiger partial charge < -0.3 is 20.1 Å². The minimum Gasteiger partial charge on any atom is -0.493 e. The Balaban J connectivity index is 0.00000576. The SMILES string of the molecule is CCOc1ccc(NC(=NC)NCCCNS(C)(=O)=O)cc1OC.I. The van der Waals surface area contributed by atoms with Crippen LogP contribution in [0.1, 0.15) is 13.3 Å². The van der Waals surface area contributed by atoms with Crippen molar-refractivity contribution in [2.24, 2.45) is 4.99 Å². The van der Waals surface area contributed by atoms with Crippen LogP contribution in [-0.4, -0.2) is 54.5 Å². The first-order chi connectivity index (χ1) is 11.4. The minimum atomic E-state index is -3.14. The van der Waals surface area contributed by atoms with E-state index in [1.54, 1.807) is 14.2 Å². The van der Waals surface area contributed by atoms with E-state index in [0.717, 1.165) is 11.9 Å². The maximum Gasteiger partial charge on any atom is 0.208 e. The van der Waals surface area contributed by atoms with Crippen LogP contribution in [0.15, 0.2) is 23.2 Å². The zero-order valence-corrected chi connectivity index (χ0v) is 18.1. The van der Waals surface area contributed by atoms with Gasteiger partial charge in [0.15, 0.2) is 17.5 Å². The molecule has 0 saturated carbocycles. The lowest BCUT2D eigenvalue weighted by Gasteiger charge is -2.14. The Morgan fingerprint density at radius 3 is 2.52 bits per heavy atom. The summed E-state index contributed by atoms with van der Waals surface area (Å²) in [5, 5.41) is 6.26. The highest BCUT2D eigenvalue weighted by Gasteiger charge is 2.07. The monoisotopic (exact) mass is 486 g/mol. The Kier molecular flexibility index (Phi) is 11.5. The van der Waals surface area contributed by atoms with E-state index in [2.05, 4.69) is 20.3 Å². The number of halogens is 1. The van der Waals surface area contributed by atoms with Gasteiger partial charge in [0.1, 0.15) is 0 Å². The van der Waals surface area contributed by atoms with Crippen LogP contribution < -0.4 is 24.8 Å². The summed E-state index contributed by atoms with van der Waals surface area (Å²) in [5.74, 6) is 1.90. The molecule has 0 atom stereocenters. The molecular weight excluding hydrogens is 459 g/mol. The van der Waals surface area contributed by atoms with Crippen LogP contribution >= 0.6 is 24.0 Å². The number of sulfonamides is 1. The summed E-state index contributed by atoms with van der Waals surface area (Å²) in [5.41, 5.74) is 0.803. The van der Waals surface area contributed by atoms with E-state index in [1.165, 1.54) is 0 Å². The molecule has 1 aromatic rings. The molecule has 25 heavy (non-hydrogen) atoms. The van der Waals surface area contributed by atoms with Crippen LogP contribution in [0, 0.1) is 0 Å². The number of anilines is 1. The molecule has 3 N–H and O–H groups in total. The predicted octanol–water partition coefficient (Wildman–Crippen LogP) is 1.64. The van der Waals surface area contributed by atoms with E-state index in [-0.39, 0.29) is 24.0 Å². The van der Waals surface area contributed by atoms with Gasteiger partial charge in [0.05, 0.1) is 20.0 Å². The van der Waals surface area contributed by atoms with Crippen LogP contribution in [0.5, 0.6) is 11.5 Å². The van der Waals surface area contributed by atoms with Gasteiger partial charge in [-0.05, 0) is 25.5 Å². The van der Waals surface area contributed by atoms with E-state index in [4.69, 9.17) is 9.47 Å². The number of hydrogen-bond donors (Lipinski definition) is 3. The lowest BCUT2D eigenvalue weighted by atomic mass is 10.2. The quantitative estimate of drug-likeness (QED) is 0.212. The lowest BCUT2D eigenvalue weighted by molar-refractivity contribution is 0.311. The average molecular weight is 486 g/mol. The van der Waals surface area contributed by atoms with E-state index in [0.29, 0.717) is 43.6 Å². The van der Waals surface area contributed by atoms with Gasteiger partial charge >= 0.3 is 0 Å². The number of nitrogens with zero attached hydrogens (tertiary/aromatic N) is 1. The van der Waals surface area contributed by atoms with E-state index < -0.39 is 10.0 Å². The molecule has 0 aliphatic heterocycles. The third-order valence-corrected chi connectivity index (χ3v) is 3.69. The number of nitrogens with one attached hydrogen (secondary N) is 3. The first-order valence-corrected chi connectivity index (χ1v) is 9.52. The average Bonchev–Trinajstić information content (AvgIpc) is 2.53. The number of aliphatic imine (C=N–C) groups is 1. The molecule has 0 spiro atoms. The fraction of sp³-hybridized carbons (Fsp3) is 0.533. The summed E-state index contributed by atoms with van der Waals surface area (Å²) in [6.45, 7) is 3.43. The number of guanidine groups is 1. The Bertz CT molecular complexity index is 653. The zero-order valence-electron chi connectivity index (χ0n) is 15.0. The maximum absolute atomic E-state index is 11.0. The van der Waals surface area contributed by atoms with Crippen molar-refractivity contribution in [3.63, 3.8) is 0 Å². The third-order valence-electron chi connectivity index (χ3n) is 2.96. The molecule has 0 aliphatic carbocycles. The van der Waals surface area contributed by atoms with E-state index in [1.807, 2.05) is 25.1 Å². The van der Waals surface area contributed by atoms with Gasteiger partial charge in [-0.25, -0.2) is 13.1 Å². The Morgan fingerprint density at radius 1 is 1.24 bits per heavy atom. The minimum absolute atomic E-state index is 0. The van der Waals surface area contributed by atoms with Crippen molar-refractivity contribution in [3.8, 4) is 11.5 Å². The number of methoxy groups -OCH3 is 1. The van der Waals surface area contributed by atoms with Crippen molar-refractivity contribution in [3.05, 3.63) is 18.2 Å². The zero-order chi connectivity index (χ0) is 18.0. The Morgan fingerprint density at radius 2 is 1.96 bits per heavy atom. The molecule has 0 bridgehead atoms. The second-order valence-corrected chi connectivity index (χ2v) is 6.78. The highest BCUT2D eigenvalue weighted by molar-refractivity contribution is 14.0. The molecule has 0 unspecified atom stereocenters. The highest BCUT2D eigenvalue weighted by Crippen LogP contribution is 2.30. The molecule has 0 amide bonds. The number of rotatable bonds is 9. The molecule has 0 heterocycles. The fourth-order valence-corrected chi connectivity index (χ4v) is 2.40. The van der Waals surface area contributed by atoms with Crippen molar-refractivity contribution < 1.29 is 17.9 Å². The van der Waals surface area contributed by atoms with E-state index >= 15 is 0 Å². The molecule has 0 fully saturated rings. The first-order valence-electron chi connectivity index (χ1n) is 7.62. The molecule has 0 aliphatic rings. The molecule has 0 saturated heterocycles. The van der Waals surface area contributed by atoms with Crippen molar-refractivity contribution in [2.75, 3.05) is 45.4 Å². The standard InChI is InChI=1S/C15H26N4O4S.HI/c1-5-23-13-8-7-12(11-14(13)22-3)19-15(16-2)17-9-6-10-18-24(4,20)21;/h7-8,11,18H,5-6,9-10H2,1-4H3,(H2,16,17,19);1H. The molecule has 0 aromatic heterocycles. The van der Waals surface area contributed by atoms with Gasteiger partial charge in [-0.3, -0.25) is 4.99 Å². The molecule has 10 heteroatoms. The van der Waals surface area contributed by atoms with Crippen molar-refractivity contribution in [1.82, 2.24) is 10.0 Å². The van der Waals surface area contributed by atoms with Crippen molar-refractivity contribution >= 4 is 45.6 Å². The van der Waals surface area contributed by atoms with Crippen molar-refractivity contribution in [2.45, 2.75) is 13.3 Å². The van der Waals surface area contributed by atoms with Crippen LogP contribution in [0.4, 0.5) is 5.69 Å². The molecular formula is C15H27IN4O4S. The van der Waals surface area contributed by atoms with Gasteiger partial charge in [-0.1, -0.05) is 0 Å². The number of hydrogen-bond acceptors (Lipinski definition) is 5. The molecule has 0 radical (unpaired) electrons. The van der Waals surface area contributed by atoms with Gasteiger partial charge in [-0.2, -0.15) is 0 Å². The molecule has 144 valence electrons. The largest absolute Gasteiger partial charge is 0.493 e. The highest BCUT2D eigenvalue weighted by atomic mass is 127. The van der Waals surface area contributed by atoms with Gasteiger partial charge in [-0.15, -0.1) is 24.0 Å². The Hall–Kier alpha value is -1.27. The third kappa shape index (κ3) is 9.70. The summed E-state index contributed by atoms with van der Waals surface area (Å²) < 4.78 is 35.2.